The molecule has 1 aromatic rings. The number of pyridine rings is 1. The Labute approximate surface area is 111 Å². The van der Waals surface area contributed by atoms with Gasteiger partial charge in [-0.15, -0.1) is 0 Å². The predicted molar refractivity (Wildman–Crippen MR) is 60.2 cm³/mol. The lowest BCUT2D eigenvalue weighted by molar-refractivity contribution is -0.687. The summed E-state index contributed by atoms with van der Waals surface area (Å²) in [4.78, 5) is 0. The maximum absolute atomic E-state index is 2.30. The van der Waals surface area contributed by atoms with E-state index in [-0.39, 0.29) is 24.0 Å². The first-order valence-corrected chi connectivity index (χ1v) is 5.29. The third-order valence-electron chi connectivity index (χ3n) is 3.26. The van der Waals surface area contributed by atoms with Crippen molar-refractivity contribution in [2.45, 2.75) is 40.5 Å². The number of hydrogen-bond donors (Lipinski definition) is 0. The van der Waals surface area contributed by atoms with Crippen molar-refractivity contribution in [2.24, 2.45) is 12.5 Å². The second-order valence-electron chi connectivity index (χ2n) is 5.24. The minimum Gasteiger partial charge on any atom is -1.00 e. The average Bonchev–Trinajstić information content (AvgIpc) is 2.07. The summed E-state index contributed by atoms with van der Waals surface area (Å²) in [5, 5.41) is 0. The van der Waals surface area contributed by atoms with Gasteiger partial charge in [0.05, 0.1) is 0 Å². The van der Waals surface area contributed by atoms with Crippen molar-refractivity contribution in [1.82, 2.24) is 0 Å². The lowest BCUT2D eigenvalue weighted by atomic mass is 9.79. The lowest BCUT2D eigenvalue weighted by Crippen LogP contribution is -3.00. The molecule has 0 aliphatic heterocycles. The molecule has 0 aliphatic carbocycles. The van der Waals surface area contributed by atoms with E-state index in [0.717, 1.165) is 0 Å². The summed E-state index contributed by atoms with van der Waals surface area (Å²) < 4.78 is 2.29. The van der Waals surface area contributed by atoms with Crippen LogP contribution >= 0.6 is 0 Å². The van der Waals surface area contributed by atoms with E-state index in [9.17, 15) is 0 Å². The second kappa shape index (κ2) is 5.28. The third kappa shape index (κ3) is 3.44. The van der Waals surface area contributed by atoms with Gasteiger partial charge in [-0.1, -0.05) is 27.7 Å². The molecule has 0 spiro atoms. The molecule has 0 N–H and O–H groups in total. The van der Waals surface area contributed by atoms with Crippen molar-refractivity contribution in [2.75, 3.05) is 0 Å². The van der Waals surface area contributed by atoms with E-state index in [1.54, 1.807) is 0 Å². The van der Waals surface area contributed by atoms with Crippen LogP contribution in [0.25, 0.3) is 0 Å². The summed E-state index contributed by atoms with van der Waals surface area (Å²) >= 11 is 0. The zero-order chi connectivity index (χ0) is 10.9. The van der Waals surface area contributed by atoms with Gasteiger partial charge in [0.2, 0.25) is 0 Å². The van der Waals surface area contributed by atoms with Gasteiger partial charge in [0.15, 0.2) is 11.4 Å². The van der Waals surface area contributed by atoms with E-state index in [4.69, 9.17) is 0 Å². The third-order valence-corrected chi connectivity index (χ3v) is 3.26. The molecule has 0 saturated carbocycles. The van der Waals surface area contributed by atoms with Crippen LogP contribution in [0, 0.1) is 12.3 Å². The van der Waals surface area contributed by atoms with E-state index in [1.165, 1.54) is 11.4 Å². The Bertz CT molecular complexity index is 326. The summed E-state index contributed by atoms with van der Waals surface area (Å²) in [7, 11) is 2.15. The van der Waals surface area contributed by atoms with Crippen LogP contribution in [0.4, 0.5) is 0 Å². The fourth-order valence-corrected chi connectivity index (χ4v) is 1.59. The molecule has 0 fully saturated rings. The highest BCUT2D eigenvalue weighted by Gasteiger charge is 2.28. The van der Waals surface area contributed by atoms with Gasteiger partial charge in [-0.3, -0.25) is 0 Å². The van der Waals surface area contributed by atoms with Crippen LogP contribution in [0.1, 0.15) is 45.0 Å². The normalized spacial score (nSPS) is 13.2. The van der Waals surface area contributed by atoms with Crippen LogP contribution in [-0.4, -0.2) is 0 Å². The molecule has 0 aliphatic rings. The molecule has 1 nitrogen and oxygen atoms in total. The minimum absolute atomic E-state index is 0. The lowest BCUT2D eigenvalue weighted by Gasteiger charge is -2.25. The molecule has 86 valence electrons. The van der Waals surface area contributed by atoms with Crippen LogP contribution in [-0.2, 0) is 7.05 Å². The molecule has 1 heterocycles. The Morgan fingerprint density at radius 3 is 2.20 bits per heavy atom. The van der Waals surface area contributed by atoms with Crippen molar-refractivity contribution in [3.05, 3.63) is 29.6 Å². The quantitative estimate of drug-likeness (QED) is 0.506. The first-order chi connectivity index (χ1) is 6.34. The predicted octanol–water partition coefficient (Wildman–Crippen LogP) is -0.0269. The number of rotatable bonds is 1. The van der Waals surface area contributed by atoms with Crippen LogP contribution in [0.3, 0.4) is 0 Å². The standard InChI is InChI=1S/C13H22N.HI/c1-10-8-7-9-12(14(10)6)11(2)13(3,4)5;/h7-9,11H,1-6H3;1H/q+1;/p-1. The molecule has 0 saturated heterocycles. The van der Waals surface area contributed by atoms with E-state index < -0.39 is 0 Å². The molecule has 1 atom stereocenters. The van der Waals surface area contributed by atoms with E-state index in [2.05, 4.69) is 64.4 Å². The molecule has 0 aromatic carbocycles. The van der Waals surface area contributed by atoms with Gasteiger partial charge in [-0.2, -0.15) is 0 Å². The zero-order valence-electron chi connectivity index (χ0n) is 10.6. The van der Waals surface area contributed by atoms with Crippen LogP contribution in [0.15, 0.2) is 18.2 Å². The van der Waals surface area contributed by atoms with Gasteiger partial charge in [-0.05, 0) is 11.5 Å². The molecule has 0 bridgehead atoms. The Morgan fingerprint density at radius 1 is 1.20 bits per heavy atom. The highest BCUT2D eigenvalue weighted by atomic mass is 127. The first-order valence-electron chi connectivity index (χ1n) is 5.29. The van der Waals surface area contributed by atoms with Gasteiger partial charge in [0.25, 0.3) is 0 Å². The van der Waals surface area contributed by atoms with Crippen molar-refractivity contribution in [1.29, 1.82) is 0 Å². The first kappa shape index (κ1) is 14.9. The van der Waals surface area contributed by atoms with Gasteiger partial charge >= 0.3 is 0 Å². The van der Waals surface area contributed by atoms with Gasteiger partial charge in [-0.25, -0.2) is 4.57 Å². The monoisotopic (exact) mass is 319 g/mol. The molecular formula is C13H22IN. The molecule has 0 amide bonds. The smallest absolute Gasteiger partial charge is 0.184 e. The number of halogens is 1. The van der Waals surface area contributed by atoms with Crippen molar-refractivity contribution in [3.63, 3.8) is 0 Å². The largest absolute Gasteiger partial charge is 1.00 e. The van der Waals surface area contributed by atoms with Crippen LogP contribution < -0.4 is 28.5 Å². The molecule has 2 heteroatoms. The van der Waals surface area contributed by atoms with Crippen LogP contribution in [0.2, 0.25) is 0 Å². The van der Waals surface area contributed by atoms with E-state index in [1.807, 2.05) is 0 Å². The van der Waals surface area contributed by atoms with Crippen molar-refractivity contribution >= 4 is 0 Å². The topological polar surface area (TPSA) is 3.88 Å². The fraction of sp³-hybridized carbons (Fsp3) is 0.615. The number of aryl methyl sites for hydroxylation is 1. The van der Waals surface area contributed by atoms with Crippen LogP contribution in [0.5, 0.6) is 0 Å². The highest BCUT2D eigenvalue weighted by Crippen LogP contribution is 2.32. The second-order valence-corrected chi connectivity index (χ2v) is 5.24. The Kier molecular flexibility index (Phi) is 5.24. The summed E-state index contributed by atoms with van der Waals surface area (Å²) in [6, 6.07) is 6.52. The summed E-state index contributed by atoms with van der Waals surface area (Å²) in [5.41, 5.74) is 3.06. The number of hydrogen-bond acceptors (Lipinski definition) is 0. The van der Waals surface area contributed by atoms with Gasteiger partial charge in [0, 0.05) is 25.0 Å². The molecule has 1 aromatic heterocycles. The Balaban J connectivity index is 0.00000196. The summed E-state index contributed by atoms with van der Waals surface area (Å²) in [5.74, 6) is 0.576. The highest BCUT2D eigenvalue weighted by molar-refractivity contribution is 5.08. The molecule has 0 radical (unpaired) electrons. The summed E-state index contributed by atoms with van der Waals surface area (Å²) in [6.45, 7) is 11.3. The van der Waals surface area contributed by atoms with E-state index >= 15 is 0 Å². The molecule has 1 rings (SSSR count). The fourth-order valence-electron chi connectivity index (χ4n) is 1.59. The Hall–Kier alpha value is -0.120. The maximum atomic E-state index is 2.30. The molecule has 15 heavy (non-hydrogen) atoms. The average molecular weight is 319 g/mol. The summed E-state index contributed by atoms with van der Waals surface area (Å²) in [6.07, 6.45) is 0. The SMILES string of the molecule is Cc1cccc(C(C)C(C)(C)C)[n+]1C.[I-]. The maximum Gasteiger partial charge on any atom is 0.184 e. The Morgan fingerprint density at radius 2 is 1.73 bits per heavy atom. The molecular weight excluding hydrogens is 297 g/mol. The number of nitrogens with zero attached hydrogens (tertiary/aromatic N) is 1. The number of aromatic nitrogens is 1. The molecule has 1 unspecified atom stereocenters. The van der Waals surface area contributed by atoms with Crippen molar-refractivity contribution in [3.8, 4) is 0 Å². The minimum atomic E-state index is 0. The van der Waals surface area contributed by atoms with Gasteiger partial charge in [0.1, 0.15) is 7.05 Å². The van der Waals surface area contributed by atoms with Gasteiger partial charge < -0.3 is 24.0 Å². The zero-order valence-corrected chi connectivity index (χ0v) is 12.8. The van der Waals surface area contributed by atoms with Crippen molar-refractivity contribution < 1.29 is 28.5 Å². The van der Waals surface area contributed by atoms with E-state index in [0.29, 0.717) is 11.3 Å².